The minimum Gasteiger partial charge on any atom is -0.461 e. The Bertz CT molecular complexity index is 1660. The molecule has 0 saturated carbocycles. The second-order valence-corrected chi connectivity index (χ2v) is 10.2. The summed E-state index contributed by atoms with van der Waals surface area (Å²) in [6.45, 7) is 0. The van der Waals surface area contributed by atoms with Crippen LogP contribution in [0, 0.1) is 5.92 Å². The average Bonchev–Trinajstić information content (AvgIpc) is 3.65. The Hall–Kier alpha value is -4.42. The summed E-state index contributed by atoms with van der Waals surface area (Å²) in [6, 6.07) is 23.5. The number of ketones is 2. The number of halogens is 1. The monoisotopic (exact) mass is 520 g/mol. The molecule has 0 bridgehead atoms. The van der Waals surface area contributed by atoms with Crippen molar-refractivity contribution in [1.82, 2.24) is 4.90 Å². The van der Waals surface area contributed by atoms with Gasteiger partial charge in [0.1, 0.15) is 11.5 Å². The molecule has 186 valence electrons. The molecular formula is C31H21ClN2O4. The van der Waals surface area contributed by atoms with Crippen molar-refractivity contribution < 1.29 is 18.8 Å². The fourth-order valence-corrected chi connectivity index (χ4v) is 6.79. The van der Waals surface area contributed by atoms with Crippen molar-refractivity contribution in [2.45, 2.75) is 17.5 Å². The predicted octanol–water partition coefficient (Wildman–Crippen LogP) is 5.91. The van der Waals surface area contributed by atoms with E-state index in [-0.39, 0.29) is 22.5 Å². The van der Waals surface area contributed by atoms with Crippen LogP contribution in [0.25, 0.3) is 6.08 Å². The van der Waals surface area contributed by atoms with Crippen LogP contribution >= 0.6 is 11.6 Å². The largest absolute Gasteiger partial charge is 0.461 e. The van der Waals surface area contributed by atoms with Crippen LogP contribution in [0.1, 0.15) is 43.6 Å². The molecule has 0 aliphatic carbocycles. The average molecular weight is 521 g/mol. The van der Waals surface area contributed by atoms with Crippen molar-refractivity contribution in [2.75, 3.05) is 5.32 Å². The molecule has 4 atom stereocenters. The number of nitrogens with one attached hydrogen (secondary N) is 1. The molecule has 3 aliphatic heterocycles. The minimum absolute atomic E-state index is 0.0978. The summed E-state index contributed by atoms with van der Waals surface area (Å²) in [6.07, 6.45) is 5.17. The van der Waals surface area contributed by atoms with Gasteiger partial charge in [-0.2, -0.15) is 0 Å². The molecule has 3 aromatic carbocycles. The van der Waals surface area contributed by atoms with E-state index < -0.39 is 29.2 Å². The standard InChI is InChI=1S/C31H21ClN2O4/c32-22-12-5-3-10-20(22)27(35)26-25(28(36)24-14-7-17-38-24)31(21-11-4-6-13-23(21)33-30(31)37)29-19-9-2-1-8-18(19)15-16-34(26)29/h1-17,25-26,29H,(H,33,37). The third-order valence-corrected chi connectivity index (χ3v) is 8.35. The molecule has 4 unspecified atom stereocenters. The molecule has 0 radical (unpaired) electrons. The number of anilines is 1. The zero-order valence-electron chi connectivity index (χ0n) is 20.0. The highest BCUT2D eigenvalue weighted by Crippen LogP contribution is 2.62. The summed E-state index contributed by atoms with van der Waals surface area (Å²) in [4.78, 5) is 45.0. The van der Waals surface area contributed by atoms with Crippen molar-refractivity contribution in [3.05, 3.63) is 130 Å². The van der Waals surface area contributed by atoms with Crippen molar-refractivity contribution in [2.24, 2.45) is 5.92 Å². The summed E-state index contributed by atoms with van der Waals surface area (Å²) in [5, 5.41) is 3.31. The number of benzene rings is 3. The molecule has 1 spiro atoms. The third kappa shape index (κ3) is 2.92. The van der Waals surface area contributed by atoms with Gasteiger partial charge < -0.3 is 14.6 Å². The second kappa shape index (κ2) is 8.30. The molecule has 1 saturated heterocycles. The van der Waals surface area contributed by atoms with E-state index in [0.717, 1.165) is 11.1 Å². The number of nitrogens with zero attached hydrogens (tertiary/aromatic N) is 1. The van der Waals surface area contributed by atoms with E-state index >= 15 is 0 Å². The minimum atomic E-state index is -1.40. The van der Waals surface area contributed by atoms with Crippen LogP contribution < -0.4 is 5.32 Å². The first-order valence-corrected chi connectivity index (χ1v) is 12.7. The van der Waals surface area contributed by atoms with E-state index in [1.165, 1.54) is 6.26 Å². The van der Waals surface area contributed by atoms with Crippen LogP contribution in [0.2, 0.25) is 5.02 Å². The topological polar surface area (TPSA) is 79.6 Å². The Morgan fingerprint density at radius 2 is 1.66 bits per heavy atom. The zero-order chi connectivity index (χ0) is 26.0. The summed E-state index contributed by atoms with van der Waals surface area (Å²) < 4.78 is 5.56. The molecule has 7 heteroatoms. The number of fused-ring (bicyclic) bond motifs is 6. The Kier molecular flexibility index (Phi) is 4.97. The Balaban J connectivity index is 1.56. The fraction of sp³-hybridized carbons (Fsp3) is 0.129. The SMILES string of the molecule is O=C(c1ccccc1Cl)C1C(C(=O)c2ccco2)C2(C(=O)Nc3ccccc32)C2c3ccccc3C=CN12. The summed E-state index contributed by atoms with van der Waals surface area (Å²) in [7, 11) is 0. The summed E-state index contributed by atoms with van der Waals surface area (Å²) in [5.41, 5.74) is 2.01. The quantitative estimate of drug-likeness (QED) is 0.338. The maximum absolute atomic E-state index is 14.4. The predicted molar refractivity (Wildman–Crippen MR) is 143 cm³/mol. The molecule has 7 rings (SSSR count). The van der Waals surface area contributed by atoms with Gasteiger partial charge in [0.15, 0.2) is 11.5 Å². The Morgan fingerprint density at radius 1 is 0.895 bits per heavy atom. The number of hydrogen-bond donors (Lipinski definition) is 1. The number of Topliss-reactive ketones (excluding diaryl/α,β-unsaturated/α-hetero) is 2. The van der Waals surface area contributed by atoms with Crippen LogP contribution in [0.5, 0.6) is 0 Å². The van der Waals surface area contributed by atoms with E-state index in [1.807, 2.05) is 65.7 Å². The summed E-state index contributed by atoms with van der Waals surface area (Å²) in [5.74, 6) is -2.06. The van der Waals surface area contributed by atoms with Crippen molar-refractivity contribution in [1.29, 1.82) is 0 Å². The lowest BCUT2D eigenvalue weighted by atomic mass is 9.63. The third-order valence-electron chi connectivity index (χ3n) is 8.02. The lowest BCUT2D eigenvalue weighted by Gasteiger charge is -2.38. The van der Waals surface area contributed by atoms with Crippen molar-refractivity contribution >= 4 is 40.8 Å². The molecular weight excluding hydrogens is 500 g/mol. The molecule has 1 fully saturated rings. The normalized spacial score (nSPS) is 24.6. The lowest BCUT2D eigenvalue weighted by molar-refractivity contribution is -0.122. The number of furan rings is 1. The number of amides is 1. The van der Waals surface area contributed by atoms with E-state index in [9.17, 15) is 14.4 Å². The Labute approximate surface area is 223 Å². The van der Waals surface area contributed by atoms with E-state index in [1.54, 1.807) is 36.4 Å². The molecule has 6 nitrogen and oxygen atoms in total. The van der Waals surface area contributed by atoms with Crippen LogP contribution in [0.3, 0.4) is 0 Å². The van der Waals surface area contributed by atoms with Crippen LogP contribution in [0.4, 0.5) is 5.69 Å². The number of carbonyl (C=O) groups excluding carboxylic acids is 3. The number of para-hydroxylation sites is 1. The molecule has 4 heterocycles. The highest BCUT2D eigenvalue weighted by atomic mass is 35.5. The first-order valence-electron chi connectivity index (χ1n) is 12.4. The Morgan fingerprint density at radius 3 is 2.47 bits per heavy atom. The van der Waals surface area contributed by atoms with E-state index in [4.69, 9.17) is 16.0 Å². The molecule has 1 aromatic heterocycles. The van der Waals surface area contributed by atoms with Gasteiger partial charge in [-0.25, -0.2) is 0 Å². The van der Waals surface area contributed by atoms with Gasteiger partial charge in [0, 0.05) is 17.5 Å². The van der Waals surface area contributed by atoms with Gasteiger partial charge in [0.05, 0.1) is 23.2 Å². The van der Waals surface area contributed by atoms with E-state index in [0.29, 0.717) is 16.8 Å². The number of rotatable bonds is 4. The van der Waals surface area contributed by atoms with Gasteiger partial charge in [0.25, 0.3) is 0 Å². The second-order valence-electron chi connectivity index (χ2n) is 9.77. The first-order chi connectivity index (χ1) is 18.5. The smallest absolute Gasteiger partial charge is 0.238 e. The van der Waals surface area contributed by atoms with Gasteiger partial charge in [-0.05, 0) is 53.1 Å². The molecule has 38 heavy (non-hydrogen) atoms. The first kappa shape index (κ1) is 22.8. The van der Waals surface area contributed by atoms with Gasteiger partial charge in [0.2, 0.25) is 11.7 Å². The number of carbonyl (C=O) groups is 3. The van der Waals surface area contributed by atoms with Gasteiger partial charge >= 0.3 is 0 Å². The van der Waals surface area contributed by atoms with Crippen molar-refractivity contribution in [3.8, 4) is 0 Å². The van der Waals surface area contributed by atoms with Crippen LogP contribution in [-0.2, 0) is 10.2 Å². The van der Waals surface area contributed by atoms with Gasteiger partial charge in [-0.3, -0.25) is 14.4 Å². The molecule has 1 N–H and O–H groups in total. The summed E-state index contributed by atoms with van der Waals surface area (Å²) >= 11 is 6.50. The van der Waals surface area contributed by atoms with Crippen LogP contribution in [-0.4, -0.2) is 28.4 Å². The fourth-order valence-electron chi connectivity index (χ4n) is 6.56. The van der Waals surface area contributed by atoms with Crippen LogP contribution in [0.15, 0.2) is 102 Å². The molecule has 4 aromatic rings. The highest BCUT2D eigenvalue weighted by Gasteiger charge is 2.71. The molecule has 3 aliphatic rings. The highest BCUT2D eigenvalue weighted by molar-refractivity contribution is 6.34. The molecule has 1 amide bonds. The van der Waals surface area contributed by atoms with Gasteiger partial charge in [-0.15, -0.1) is 0 Å². The van der Waals surface area contributed by atoms with Gasteiger partial charge in [-0.1, -0.05) is 66.2 Å². The maximum atomic E-state index is 14.4. The number of hydrogen-bond acceptors (Lipinski definition) is 5. The van der Waals surface area contributed by atoms with Crippen molar-refractivity contribution in [3.63, 3.8) is 0 Å². The zero-order valence-corrected chi connectivity index (χ0v) is 20.8. The van der Waals surface area contributed by atoms with E-state index in [2.05, 4.69) is 5.32 Å². The lowest BCUT2D eigenvalue weighted by Crippen LogP contribution is -2.49. The maximum Gasteiger partial charge on any atom is 0.238 e.